The van der Waals surface area contributed by atoms with E-state index >= 15 is 0 Å². The number of carbonyl (C=O) groups is 2. The summed E-state index contributed by atoms with van der Waals surface area (Å²) < 4.78 is 40.6. The molecule has 7 nitrogen and oxygen atoms in total. The lowest BCUT2D eigenvalue weighted by Gasteiger charge is -2.10. The highest BCUT2D eigenvalue weighted by atomic mass is 79.9. The van der Waals surface area contributed by atoms with Gasteiger partial charge in [0.05, 0.1) is 28.7 Å². The van der Waals surface area contributed by atoms with Crippen molar-refractivity contribution in [3.8, 4) is 5.69 Å². The van der Waals surface area contributed by atoms with E-state index in [4.69, 9.17) is 0 Å². The van der Waals surface area contributed by atoms with Gasteiger partial charge < -0.3 is 4.98 Å². The number of halogens is 4. The molecule has 3 rings (SSSR count). The molecule has 11 heteroatoms. The van der Waals surface area contributed by atoms with E-state index in [9.17, 15) is 22.8 Å². The molecule has 2 aromatic heterocycles. The topological polar surface area (TPSA) is 91.8 Å². The maximum atomic E-state index is 12.9. The van der Waals surface area contributed by atoms with Crippen molar-refractivity contribution in [2.75, 3.05) is 0 Å². The lowest BCUT2D eigenvalue weighted by molar-refractivity contribution is -0.137. The number of hydrogen-bond acceptors (Lipinski definition) is 3. The Kier molecular flexibility index (Phi) is 5.27. The molecule has 28 heavy (non-hydrogen) atoms. The monoisotopic (exact) mass is 455 g/mol. The highest BCUT2D eigenvalue weighted by Crippen LogP contribution is 2.30. The number of alkyl halides is 3. The largest absolute Gasteiger partial charge is 0.416 e. The van der Waals surface area contributed by atoms with Gasteiger partial charge in [0.15, 0.2) is 0 Å². The van der Waals surface area contributed by atoms with E-state index in [0.29, 0.717) is 10.2 Å². The number of rotatable bonds is 3. The smallest absolute Gasteiger partial charge is 0.356 e. The van der Waals surface area contributed by atoms with E-state index in [-0.39, 0.29) is 16.9 Å². The fourth-order valence-electron chi connectivity index (χ4n) is 2.45. The summed E-state index contributed by atoms with van der Waals surface area (Å²) in [5, 5.41) is 3.98. The predicted octanol–water partition coefficient (Wildman–Crippen LogP) is 3.36. The summed E-state index contributed by atoms with van der Waals surface area (Å²) in [6.07, 6.45) is -1.73. The van der Waals surface area contributed by atoms with Gasteiger partial charge >= 0.3 is 6.18 Å². The zero-order chi connectivity index (χ0) is 20.5. The Morgan fingerprint density at radius 2 is 1.89 bits per heavy atom. The molecular formula is C17H13BrF3N5O2. The van der Waals surface area contributed by atoms with Crippen LogP contribution in [0.1, 0.15) is 32.1 Å². The third-order valence-electron chi connectivity index (χ3n) is 3.85. The quantitative estimate of drug-likeness (QED) is 0.528. The first-order chi connectivity index (χ1) is 13.2. The Morgan fingerprint density at radius 3 is 2.54 bits per heavy atom. The number of aromatic amines is 1. The third kappa shape index (κ3) is 4.09. The Labute approximate surface area is 165 Å². The van der Waals surface area contributed by atoms with Crippen LogP contribution in [0.25, 0.3) is 5.69 Å². The second-order valence-corrected chi connectivity index (χ2v) is 6.66. The van der Waals surface area contributed by atoms with E-state index in [2.05, 4.69) is 36.9 Å². The van der Waals surface area contributed by atoms with Crippen LogP contribution in [0, 0.1) is 6.92 Å². The van der Waals surface area contributed by atoms with Gasteiger partial charge in [0.1, 0.15) is 5.69 Å². The summed E-state index contributed by atoms with van der Waals surface area (Å²) in [4.78, 5) is 26.9. The first-order valence-electron chi connectivity index (χ1n) is 7.83. The molecule has 0 aliphatic rings. The van der Waals surface area contributed by atoms with Crippen molar-refractivity contribution in [2.24, 2.45) is 0 Å². The van der Waals surface area contributed by atoms with Crippen molar-refractivity contribution in [3.05, 3.63) is 69.7 Å². The number of carbonyl (C=O) groups excluding carboxylic acids is 2. The van der Waals surface area contributed by atoms with E-state index in [0.717, 1.165) is 12.1 Å². The predicted molar refractivity (Wildman–Crippen MR) is 96.7 cm³/mol. The van der Waals surface area contributed by atoms with Crippen LogP contribution in [0.5, 0.6) is 0 Å². The summed E-state index contributed by atoms with van der Waals surface area (Å²) in [5.41, 5.74) is 4.46. The normalized spacial score (nSPS) is 11.3. The summed E-state index contributed by atoms with van der Waals surface area (Å²) >= 11 is 3.19. The van der Waals surface area contributed by atoms with Crippen LogP contribution >= 0.6 is 15.9 Å². The number of nitrogens with zero attached hydrogens (tertiary/aromatic N) is 2. The minimum Gasteiger partial charge on any atom is -0.356 e. The first-order valence-corrected chi connectivity index (χ1v) is 8.63. The van der Waals surface area contributed by atoms with Crippen molar-refractivity contribution < 1.29 is 22.8 Å². The molecule has 1 aromatic carbocycles. The van der Waals surface area contributed by atoms with Gasteiger partial charge in [-0.1, -0.05) is 6.07 Å². The molecule has 0 aliphatic heterocycles. The summed E-state index contributed by atoms with van der Waals surface area (Å²) in [7, 11) is 0. The number of nitrogens with one attached hydrogen (secondary N) is 3. The first kappa shape index (κ1) is 19.7. The molecule has 146 valence electrons. The molecule has 0 saturated carbocycles. The van der Waals surface area contributed by atoms with Gasteiger partial charge in [0.2, 0.25) is 0 Å². The lowest BCUT2D eigenvalue weighted by Crippen LogP contribution is -2.41. The SMILES string of the molecule is Cc1c(C(=O)NNC(=O)c2cc(Br)c[nH]2)cnn1-c1cccc(C(F)(F)F)c1. The standard InChI is InChI=1S/C17H13BrF3N5O2/c1-9-13(15(27)24-25-16(28)14-6-11(18)7-22-14)8-23-26(9)12-4-2-3-10(5-12)17(19,20)21/h2-8,22H,1H3,(H,24,27)(H,25,28). The highest BCUT2D eigenvalue weighted by Gasteiger charge is 2.30. The van der Waals surface area contributed by atoms with Crippen LogP contribution in [0.4, 0.5) is 13.2 Å². The Bertz CT molecular complexity index is 1040. The molecule has 0 bridgehead atoms. The Morgan fingerprint density at radius 1 is 1.18 bits per heavy atom. The van der Waals surface area contributed by atoms with E-state index in [1.807, 2.05) is 0 Å². The Balaban J connectivity index is 1.75. The number of hydrogen-bond donors (Lipinski definition) is 3. The molecule has 3 aromatic rings. The van der Waals surface area contributed by atoms with Crippen LogP contribution in [-0.4, -0.2) is 26.6 Å². The van der Waals surface area contributed by atoms with Crippen LogP contribution in [0.2, 0.25) is 0 Å². The molecule has 2 heterocycles. The zero-order valence-electron chi connectivity index (χ0n) is 14.3. The zero-order valence-corrected chi connectivity index (χ0v) is 15.9. The number of aromatic nitrogens is 3. The van der Waals surface area contributed by atoms with Gasteiger partial charge in [0, 0.05) is 10.7 Å². The van der Waals surface area contributed by atoms with Crippen molar-refractivity contribution in [3.63, 3.8) is 0 Å². The molecule has 0 aliphatic carbocycles. The van der Waals surface area contributed by atoms with Crippen LogP contribution in [0.3, 0.4) is 0 Å². The number of benzene rings is 1. The average Bonchev–Trinajstić information content (AvgIpc) is 3.24. The van der Waals surface area contributed by atoms with Crippen molar-refractivity contribution in [1.29, 1.82) is 0 Å². The van der Waals surface area contributed by atoms with Crippen LogP contribution < -0.4 is 10.9 Å². The van der Waals surface area contributed by atoms with Gasteiger partial charge in [-0.05, 0) is 47.1 Å². The summed E-state index contributed by atoms with van der Waals surface area (Å²) in [6.45, 7) is 1.53. The number of hydrazine groups is 1. The molecule has 0 fully saturated rings. The van der Waals surface area contributed by atoms with E-state index < -0.39 is 23.6 Å². The minimum atomic E-state index is -4.49. The second-order valence-electron chi connectivity index (χ2n) is 5.74. The third-order valence-corrected chi connectivity index (χ3v) is 4.31. The molecule has 0 spiro atoms. The van der Waals surface area contributed by atoms with Crippen molar-refractivity contribution >= 4 is 27.7 Å². The highest BCUT2D eigenvalue weighted by molar-refractivity contribution is 9.10. The molecule has 0 unspecified atom stereocenters. The van der Waals surface area contributed by atoms with Crippen LogP contribution in [-0.2, 0) is 6.18 Å². The van der Waals surface area contributed by atoms with Gasteiger partial charge in [-0.15, -0.1) is 0 Å². The van der Waals surface area contributed by atoms with Crippen molar-refractivity contribution in [1.82, 2.24) is 25.6 Å². The number of amides is 2. The second kappa shape index (κ2) is 7.50. The fraction of sp³-hybridized carbons (Fsp3) is 0.118. The molecule has 3 N–H and O–H groups in total. The summed E-state index contributed by atoms with van der Waals surface area (Å²) in [5.74, 6) is -1.23. The van der Waals surface area contributed by atoms with Gasteiger partial charge in [0.25, 0.3) is 11.8 Å². The molecular weight excluding hydrogens is 443 g/mol. The lowest BCUT2D eigenvalue weighted by atomic mass is 10.2. The molecule has 2 amide bonds. The maximum Gasteiger partial charge on any atom is 0.416 e. The maximum absolute atomic E-state index is 12.9. The molecule has 0 radical (unpaired) electrons. The minimum absolute atomic E-state index is 0.102. The average molecular weight is 456 g/mol. The fourth-order valence-corrected chi connectivity index (χ4v) is 2.80. The van der Waals surface area contributed by atoms with Gasteiger partial charge in [-0.3, -0.25) is 20.4 Å². The van der Waals surface area contributed by atoms with Gasteiger partial charge in [-0.25, -0.2) is 4.68 Å². The van der Waals surface area contributed by atoms with Crippen molar-refractivity contribution in [2.45, 2.75) is 13.1 Å². The summed E-state index contributed by atoms with van der Waals surface area (Å²) in [6, 6.07) is 6.12. The van der Waals surface area contributed by atoms with E-state index in [1.165, 1.54) is 36.0 Å². The van der Waals surface area contributed by atoms with Crippen LogP contribution in [0.15, 0.2) is 47.2 Å². The van der Waals surface area contributed by atoms with E-state index in [1.54, 1.807) is 6.20 Å². The molecule has 0 saturated heterocycles. The Hall–Kier alpha value is -3.08. The van der Waals surface area contributed by atoms with Gasteiger partial charge in [-0.2, -0.15) is 18.3 Å². The number of H-pyrrole nitrogens is 1. The molecule has 0 atom stereocenters.